The number of hydrogen-bond donors (Lipinski definition) is 2. The van der Waals surface area contributed by atoms with Crippen molar-refractivity contribution in [3.8, 4) is 0 Å². The van der Waals surface area contributed by atoms with E-state index in [9.17, 15) is 14.4 Å². The average molecular weight is 433 g/mol. The van der Waals surface area contributed by atoms with Crippen LogP contribution in [0.5, 0.6) is 0 Å². The van der Waals surface area contributed by atoms with Crippen LogP contribution in [-0.2, 0) is 4.57 Å². The maximum atomic E-state index is 11.8. The Kier molecular flexibility index (Phi) is 21.5. The van der Waals surface area contributed by atoms with E-state index in [0.29, 0.717) is 12.8 Å². The Balaban J connectivity index is 3.62. The van der Waals surface area contributed by atoms with E-state index in [1.165, 1.54) is 103 Å². The molecule has 2 N–H and O–H groups in total. The van der Waals surface area contributed by atoms with Gasteiger partial charge in [0.15, 0.2) is 0 Å². The number of hydrogen-bond acceptors (Lipinski definition) is 1. The third-order valence-corrected chi connectivity index (χ3v) is 7.73. The average Bonchev–Trinajstić information content (AvgIpc) is 2.68. The molecular formula is C25H53O3P. The van der Waals surface area contributed by atoms with Crippen molar-refractivity contribution in [2.75, 3.05) is 0 Å². The minimum atomic E-state index is -3.93. The van der Waals surface area contributed by atoms with E-state index in [1.807, 2.05) is 0 Å². The van der Waals surface area contributed by atoms with Crippen molar-refractivity contribution >= 4 is 7.60 Å². The summed E-state index contributed by atoms with van der Waals surface area (Å²) in [7, 11) is -3.93. The Morgan fingerprint density at radius 3 is 0.966 bits per heavy atom. The third-order valence-electron chi connectivity index (χ3n) is 6.26. The molecule has 0 aromatic heterocycles. The second-order valence-corrected chi connectivity index (χ2v) is 11.1. The third kappa shape index (κ3) is 21.2. The van der Waals surface area contributed by atoms with Crippen molar-refractivity contribution in [2.45, 2.75) is 161 Å². The first-order valence-electron chi connectivity index (χ1n) is 13.1. The monoisotopic (exact) mass is 432 g/mol. The van der Waals surface area contributed by atoms with Crippen LogP contribution >= 0.6 is 7.60 Å². The fourth-order valence-corrected chi connectivity index (χ4v) is 5.25. The van der Waals surface area contributed by atoms with E-state index in [0.717, 1.165) is 25.7 Å². The Labute approximate surface area is 183 Å². The Hall–Kier alpha value is 0.150. The molecule has 0 radical (unpaired) electrons. The van der Waals surface area contributed by atoms with E-state index >= 15 is 0 Å². The smallest absolute Gasteiger partial charge is 0.324 e. The molecule has 0 saturated carbocycles. The summed E-state index contributed by atoms with van der Waals surface area (Å²) in [6.45, 7) is 4.50. The van der Waals surface area contributed by atoms with Crippen molar-refractivity contribution in [3.05, 3.63) is 0 Å². The van der Waals surface area contributed by atoms with Crippen LogP contribution in [-0.4, -0.2) is 15.4 Å². The van der Waals surface area contributed by atoms with Gasteiger partial charge in [0.2, 0.25) is 0 Å². The standard InChI is InChI=1S/C25H53O3P/c1-3-5-7-9-11-13-15-17-19-21-23-25(29(26,27)28)24-22-20-18-16-14-12-10-8-6-4-2/h25H,3-24H2,1-2H3,(H2,26,27,28). The second-order valence-electron chi connectivity index (χ2n) is 9.18. The highest BCUT2D eigenvalue weighted by molar-refractivity contribution is 7.52. The van der Waals surface area contributed by atoms with Crippen LogP contribution in [0.25, 0.3) is 0 Å². The molecule has 0 spiro atoms. The molecule has 0 aliphatic heterocycles. The first kappa shape index (κ1) is 29.1. The molecular weight excluding hydrogens is 379 g/mol. The summed E-state index contributed by atoms with van der Waals surface area (Å²) >= 11 is 0. The van der Waals surface area contributed by atoms with Gasteiger partial charge in [-0.05, 0) is 12.8 Å². The van der Waals surface area contributed by atoms with Gasteiger partial charge in [-0.25, -0.2) is 0 Å². The normalized spacial score (nSPS) is 12.2. The minimum Gasteiger partial charge on any atom is -0.324 e. The summed E-state index contributed by atoms with van der Waals surface area (Å²) < 4.78 is 11.8. The zero-order chi connectivity index (χ0) is 21.6. The van der Waals surface area contributed by atoms with Crippen LogP contribution < -0.4 is 0 Å². The molecule has 0 aromatic rings. The summed E-state index contributed by atoms with van der Waals surface area (Å²) in [5.41, 5.74) is -0.398. The lowest BCUT2D eigenvalue weighted by molar-refractivity contribution is 0.345. The molecule has 0 rings (SSSR count). The zero-order valence-corrected chi connectivity index (χ0v) is 20.8. The molecule has 0 aromatic carbocycles. The van der Waals surface area contributed by atoms with E-state index in [2.05, 4.69) is 13.8 Å². The molecule has 0 amide bonds. The summed E-state index contributed by atoms with van der Waals surface area (Å²) in [5.74, 6) is 0. The highest BCUT2D eigenvalue weighted by Crippen LogP contribution is 2.46. The SMILES string of the molecule is CCCCCCCCCCCCC(CCCCCCCCCCCC)P(=O)(O)O. The van der Waals surface area contributed by atoms with Gasteiger partial charge in [0.05, 0.1) is 5.66 Å². The van der Waals surface area contributed by atoms with Gasteiger partial charge in [0, 0.05) is 0 Å². The van der Waals surface area contributed by atoms with Crippen LogP contribution in [0.3, 0.4) is 0 Å². The van der Waals surface area contributed by atoms with Crippen molar-refractivity contribution in [1.82, 2.24) is 0 Å². The molecule has 0 unspecified atom stereocenters. The minimum absolute atomic E-state index is 0.398. The van der Waals surface area contributed by atoms with E-state index in [1.54, 1.807) is 0 Å². The van der Waals surface area contributed by atoms with Gasteiger partial charge < -0.3 is 9.79 Å². The van der Waals surface area contributed by atoms with E-state index < -0.39 is 13.3 Å². The largest absolute Gasteiger partial charge is 0.328 e. The second kappa shape index (κ2) is 21.4. The quantitative estimate of drug-likeness (QED) is 0.125. The topological polar surface area (TPSA) is 57.5 Å². The molecule has 0 saturated heterocycles. The zero-order valence-electron chi connectivity index (χ0n) is 19.9. The van der Waals surface area contributed by atoms with Crippen LogP contribution in [0.2, 0.25) is 0 Å². The van der Waals surface area contributed by atoms with Crippen molar-refractivity contribution in [2.24, 2.45) is 0 Å². The first-order valence-corrected chi connectivity index (χ1v) is 14.8. The van der Waals surface area contributed by atoms with Crippen LogP contribution in [0.1, 0.15) is 155 Å². The van der Waals surface area contributed by atoms with Gasteiger partial charge in [-0.2, -0.15) is 0 Å². The summed E-state index contributed by atoms with van der Waals surface area (Å²) in [6, 6.07) is 0. The molecule has 3 nitrogen and oxygen atoms in total. The predicted octanol–water partition coefficient (Wildman–Crippen LogP) is 9.15. The molecule has 0 bridgehead atoms. The summed E-state index contributed by atoms with van der Waals surface area (Å²) in [4.78, 5) is 19.4. The van der Waals surface area contributed by atoms with Crippen molar-refractivity contribution in [1.29, 1.82) is 0 Å². The van der Waals surface area contributed by atoms with Gasteiger partial charge in [-0.15, -0.1) is 0 Å². The Morgan fingerprint density at radius 2 is 0.724 bits per heavy atom. The van der Waals surface area contributed by atoms with Gasteiger partial charge in [-0.3, -0.25) is 4.57 Å². The molecule has 0 aliphatic carbocycles. The summed E-state index contributed by atoms with van der Waals surface area (Å²) in [5, 5.41) is 0. The van der Waals surface area contributed by atoms with Gasteiger partial charge in [0.25, 0.3) is 0 Å². The van der Waals surface area contributed by atoms with Gasteiger partial charge >= 0.3 is 7.60 Å². The predicted molar refractivity (Wildman–Crippen MR) is 129 cm³/mol. The van der Waals surface area contributed by atoms with Crippen LogP contribution in [0.4, 0.5) is 0 Å². The summed E-state index contributed by atoms with van der Waals surface area (Å²) in [6.07, 6.45) is 26.8. The molecule has 176 valence electrons. The Morgan fingerprint density at radius 1 is 0.483 bits per heavy atom. The Bertz CT molecular complexity index is 343. The number of unbranched alkanes of at least 4 members (excludes halogenated alkanes) is 18. The fourth-order valence-electron chi connectivity index (χ4n) is 4.22. The van der Waals surface area contributed by atoms with Crippen LogP contribution in [0, 0.1) is 0 Å². The lowest BCUT2D eigenvalue weighted by atomic mass is 10.0. The van der Waals surface area contributed by atoms with E-state index in [-0.39, 0.29) is 0 Å². The molecule has 0 atom stereocenters. The van der Waals surface area contributed by atoms with Gasteiger partial charge in [-0.1, -0.05) is 142 Å². The maximum Gasteiger partial charge on any atom is 0.328 e. The van der Waals surface area contributed by atoms with Crippen molar-refractivity contribution in [3.63, 3.8) is 0 Å². The van der Waals surface area contributed by atoms with Crippen molar-refractivity contribution < 1.29 is 14.4 Å². The first-order chi connectivity index (χ1) is 14.0. The van der Waals surface area contributed by atoms with Crippen LogP contribution in [0.15, 0.2) is 0 Å². The molecule has 0 aliphatic rings. The molecule has 0 fully saturated rings. The fraction of sp³-hybridized carbons (Fsp3) is 1.00. The molecule has 29 heavy (non-hydrogen) atoms. The maximum absolute atomic E-state index is 11.8. The number of rotatable bonds is 23. The van der Waals surface area contributed by atoms with E-state index in [4.69, 9.17) is 0 Å². The highest BCUT2D eigenvalue weighted by Gasteiger charge is 2.27. The molecule has 0 heterocycles. The lowest BCUT2D eigenvalue weighted by Gasteiger charge is -2.18. The lowest BCUT2D eigenvalue weighted by Crippen LogP contribution is -2.08. The highest BCUT2D eigenvalue weighted by atomic mass is 31.2. The van der Waals surface area contributed by atoms with Gasteiger partial charge in [0.1, 0.15) is 0 Å². The molecule has 4 heteroatoms.